The number of nitrogens with zero attached hydrogens (tertiary/aromatic N) is 2. The minimum atomic E-state index is -2.97. The summed E-state index contributed by atoms with van der Waals surface area (Å²) in [6.07, 6.45) is 1.46. The lowest BCUT2D eigenvalue weighted by Crippen LogP contribution is -2.26. The Bertz CT molecular complexity index is 616. The summed E-state index contributed by atoms with van der Waals surface area (Å²) in [5.74, 6) is -0.168. The van der Waals surface area contributed by atoms with Crippen LogP contribution in [0.3, 0.4) is 0 Å². The monoisotopic (exact) mass is 314 g/mol. The van der Waals surface area contributed by atoms with Gasteiger partial charge in [-0.2, -0.15) is 8.78 Å². The zero-order valence-corrected chi connectivity index (χ0v) is 12.1. The van der Waals surface area contributed by atoms with Gasteiger partial charge in [-0.1, -0.05) is 0 Å². The smallest absolute Gasteiger partial charge is 0.387 e. The molecule has 112 valence electrons. The van der Waals surface area contributed by atoms with E-state index >= 15 is 0 Å². The molecular weight excluding hydrogens is 302 g/mol. The van der Waals surface area contributed by atoms with Crippen LogP contribution in [0.25, 0.3) is 0 Å². The summed E-state index contributed by atoms with van der Waals surface area (Å²) in [6.45, 7) is -2.97. The van der Waals surface area contributed by atoms with E-state index in [1.165, 1.54) is 36.7 Å². The van der Waals surface area contributed by atoms with Crippen molar-refractivity contribution in [2.75, 3.05) is 19.1 Å². The molecule has 0 aromatic carbocycles. The van der Waals surface area contributed by atoms with E-state index < -0.39 is 12.5 Å². The van der Waals surface area contributed by atoms with Gasteiger partial charge in [0.25, 0.3) is 5.91 Å². The lowest BCUT2D eigenvalue weighted by molar-refractivity contribution is -0.0498. The fraction of sp³-hybridized carbons (Fsp3) is 0.231. The molecule has 0 aliphatic heterocycles. The van der Waals surface area contributed by atoms with Crippen molar-refractivity contribution in [1.29, 1.82) is 0 Å². The maximum absolute atomic E-state index is 12.3. The molecule has 1 amide bonds. The molecule has 0 spiro atoms. The largest absolute Gasteiger partial charge is 0.481 e. The number of carbonyl (C=O) groups is 1. The van der Waals surface area contributed by atoms with Crippen LogP contribution in [-0.4, -0.2) is 31.7 Å². The SMILES string of the molecule is COc1ccc(N(C)C(=O)c2sccc2OC(F)F)cn1. The molecule has 0 saturated heterocycles. The molecule has 2 heterocycles. The zero-order chi connectivity index (χ0) is 15.4. The predicted molar refractivity (Wildman–Crippen MR) is 74.5 cm³/mol. The van der Waals surface area contributed by atoms with E-state index in [-0.39, 0.29) is 10.6 Å². The summed E-state index contributed by atoms with van der Waals surface area (Å²) in [7, 11) is 3.01. The number of anilines is 1. The number of amides is 1. The summed E-state index contributed by atoms with van der Waals surface area (Å²) in [4.78, 5) is 17.7. The van der Waals surface area contributed by atoms with E-state index in [1.807, 2.05) is 0 Å². The van der Waals surface area contributed by atoms with Crippen LogP contribution in [0.5, 0.6) is 11.6 Å². The van der Waals surface area contributed by atoms with Crippen LogP contribution in [-0.2, 0) is 0 Å². The van der Waals surface area contributed by atoms with Crippen LogP contribution >= 0.6 is 11.3 Å². The molecule has 21 heavy (non-hydrogen) atoms. The average Bonchev–Trinajstić information content (AvgIpc) is 2.93. The minimum Gasteiger partial charge on any atom is -0.481 e. The third-order valence-corrected chi connectivity index (χ3v) is 3.54. The number of alkyl halides is 2. The number of pyridine rings is 1. The molecule has 0 fully saturated rings. The summed E-state index contributed by atoms with van der Waals surface area (Å²) in [6, 6.07) is 4.58. The van der Waals surface area contributed by atoms with Gasteiger partial charge in [0, 0.05) is 13.1 Å². The van der Waals surface area contributed by atoms with Crippen molar-refractivity contribution in [2.45, 2.75) is 6.61 Å². The first-order valence-corrected chi connectivity index (χ1v) is 6.71. The van der Waals surface area contributed by atoms with Crippen LogP contribution in [0.1, 0.15) is 9.67 Å². The zero-order valence-electron chi connectivity index (χ0n) is 11.2. The van der Waals surface area contributed by atoms with Gasteiger partial charge in [-0.25, -0.2) is 4.98 Å². The minimum absolute atomic E-state index is 0.105. The van der Waals surface area contributed by atoms with E-state index in [4.69, 9.17) is 4.74 Å². The number of thiophene rings is 1. The second-order valence-electron chi connectivity index (χ2n) is 3.92. The van der Waals surface area contributed by atoms with Crippen molar-refractivity contribution in [3.8, 4) is 11.6 Å². The molecule has 2 aromatic heterocycles. The first-order chi connectivity index (χ1) is 10.0. The quantitative estimate of drug-likeness (QED) is 0.851. The molecule has 8 heteroatoms. The van der Waals surface area contributed by atoms with Crippen molar-refractivity contribution in [2.24, 2.45) is 0 Å². The molecule has 0 atom stereocenters. The van der Waals surface area contributed by atoms with Crippen LogP contribution in [0, 0.1) is 0 Å². The molecule has 0 N–H and O–H groups in total. The van der Waals surface area contributed by atoms with E-state index in [1.54, 1.807) is 12.1 Å². The standard InChI is InChI=1S/C13H12F2N2O3S/c1-17(8-3-4-10(19-2)16-7-8)12(18)11-9(5-6-21-11)20-13(14)15/h3-7,13H,1-2H3. The van der Waals surface area contributed by atoms with Crippen molar-refractivity contribution < 1.29 is 23.0 Å². The van der Waals surface area contributed by atoms with Crippen LogP contribution in [0.15, 0.2) is 29.8 Å². The van der Waals surface area contributed by atoms with Gasteiger partial charge in [-0.3, -0.25) is 4.79 Å². The summed E-state index contributed by atoms with van der Waals surface area (Å²) in [5.41, 5.74) is 0.511. The highest BCUT2D eigenvalue weighted by Crippen LogP contribution is 2.29. The fourth-order valence-electron chi connectivity index (χ4n) is 1.60. The van der Waals surface area contributed by atoms with Crippen molar-refractivity contribution in [3.63, 3.8) is 0 Å². The van der Waals surface area contributed by atoms with Gasteiger partial charge in [0.1, 0.15) is 10.6 Å². The second kappa shape index (κ2) is 6.49. The first kappa shape index (κ1) is 15.2. The number of rotatable bonds is 5. The lowest BCUT2D eigenvalue weighted by Gasteiger charge is -2.17. The topological polar surface area (TPSA) is 51.7 Å². The third-order valence-electron chi connectivity index (χ3n) is 2.66. The van der Waals surface area contributed by atoms with Crippen molar-refractivity contribution in [1.82, 2.24) is 4.98 Å². The van der Waals surface area contributed by atoms with Gasteiger partial charge < -0.3 is 14.4 Å². The fourth-order valence-corrected chi connectivity index (χ4v) is 2.40. The van der Waals surface area contributed by atoms with Crippen molar-refractivity contribution in [3.05, 3.63) is 34.7 Å². The average molecular weight is 314 g/mol. The van der Waals surface area contributed by atoms with Crippen LogP contribution < -0.4 is 14.4 Å². The Morgan fingerprint density at radius 1 is 1.38 bits per heavy atom. The number of carbonyl (C=O) groups excluding carboxylic acids is 1. The highest BCUT2D eigenvalue weighted by molar-refractivity contribution is 7.12. The molecule has 0 unspecified atom stereocenters. The molecule has 0 bridgehead atoms. The molecule has 0 aliphatic carbocycles. The number of aromatic nitrogens is 1. The maximum Gasteiger partial charge on any atom is 0.387 e. The van der Waals surface area contributed by atoms with Gasteiger partial charge >= 0.3 is 6.61 Å². The van der Waals surface area contributed by atoms with Gasteiger partial charge in [0.2, 0.25) is 5.88 Å². The maximum atomic E-state index is 12.3. The molecule has 0 radical (unpaired) electrons. The number of methoxy groups -OCH3 is 1. The van der Waals surface area contributed by atoms with Crippen LogP contribution in [0.2, 0.25) is 0 Å². The summed E-state index contributed by atoms with van der Waals surface area (Å²) in [5, 5.41) is 1.52. The van der Waals surface area contributed by atoms with E-state index in [0.29, 0.717) is 11.6 Å². The molecule has 0 aliphatic rings. The molecule has 2 rings (SSSR count). The highest BCUT2D eigenvalue weighted by Gasteiger charge is 2.21. The number of ether oxygens (including phenoxy) is 2. The van der Waals surface area contributed by atoms with Crippen molar-refractivity contribution >= 4 is 22.9 Å². The van der Waals surface area contributed by atoms with Gasteiger partial charge in [0.05, 0.1) is 19.0 Å². The summed E-state index contributed by atoms with van der Waals surface area (Å²) < 4.78 is 33.8. The molecule has 2 aromatic rings. The Labute approximate surface area is 123 Å². The van der Waals surface area contributed by atoms with Gasteiger partial charge in [-0.15, -0.1) is 11.3 Å². The van der Waals surface area contributed by atoms with E-state index in [9.17, 15) is 13.6 Å². The Hall–Kier alpha value is -2.22. The number of hydrogen-bond donors (Lipinski definition) is 0. The predicted octanol–water partition coefficient (Wildman–Crippen LogP) is 3.03. The Balaban J connectivity index is 2.20. The van der Waals surface area contributed by atoms with E-state index in [0.717, 1.165) is 11.3 Å². The highest BCUT2D eigenvalue weighted by atomic mass is 32.1. The molecule has 0 saturated carbocycles. The van der Waals surface area contributed by atoms with Gasteiger partial charge in [0.15, 0.2) is 0 Å². The van der Waals surface area contributed by atoms with E-state index in [2.05, 4.69) is 9.72 Å². The number of hydrogen-bond acceptors (Lipinski definition) is 5. The third kappa shape index (κ3) is 3.46. The Morgan fingerprint density at radius 2 is 2.14 bits per heavy atom. The molecular formula is C13H12F2N2O3S. The Morgan fingerprint density at radius 3 is 2.71 bits per heavy atom. The first-order valence-electron chi connectivity index (χ1n) is 5.83. The second-order valence-corrected chi connectivity index (χ2v) is 4.83. The molecule has 5 nitrogen and oxygen atoms in total. The Kier molecular flexibility index (Phi) is 4.69. The summed E-state index contributed by atoms with van der Waals surface area (Å²) >= 11 is 1.04. The normalized spacial score (nSPS) is 10.5. The van der Waals surface area contributed by atoms with Crippen LogP contribution in [0.4, 0.5) is 14.5 Å². The van der Waals surface area contributed by atoms with Gasteiger partial charge in [-0.05, 0) is 17.5 Å². The number of halogens is 2. The lowest BCUT2D eigenvalue weighted by atomic mass is 10.3.